The van der Waals surface area contributed by atoms with Crippen molar-refractivity contribution < 1.29 is 23.6 Å². The Morgan fingerprint density at radius 1 is 0.895 bits per heavy atom. The van der Waals surface area contributed by atoms with Crippen molar-refractivity contribution in [3.05, 3.63) is 95.7 Å². The van der Waals surface area contributed by atoms with E-state index in [9.17, 15) is 9.59 Å². The Balaban J connectivity index is 1.43. The molecule has 0 bridgehead atoms. The van der Waals surface area contributed by atoms with Crippen LogP contribution in [-0.2, 0) is 20.7 Å². The zero-order valence-corrected chi connectivity index (χ0v) is 22.3. The van der Waals surface area contributed by atoms with Gasteiger partial charge in [0, 0.05) is 5.56 Å². The predicted molar refractivity (Wildman–Crippen MR) is 147 cm³/mol. The van der Waals surface area contributed by atoms with Crippen LogP contribution in [0, 0.1) is 6.92 Å². The minimum atomic E-state index is -0.586. The lowest BCUT2D eigenvalue weighted by Gasteiger charge is -2.19. The summed E-state index contributed by atoms with van der Waals surface area (Å²) in [5.41, 5.74) is 5.08. The fraction of sp³-hybridized carbons (Fsp3) is 0.258. The Bertz CT molecular complexity index is 1390. The second-order valence-corrected chi connectivity index (χ2v) is 10.1. The molecule has 1 aromatic heterocycles. The first-order chi connectivity index (χ1) is 18.1. The van der Waals surface area contributed by atoms with Crippen LogP contribution < -0.4 is 5.32 Å². The van der Waals surface area contributed by atoms with E-state index in [1.165, 1.54) is 0 Å². The zero-order chi connectivity index (χ0) is 27.3. The summed E-state index contributed by atoms with van der Waals surface area (Å²) in [5, 5.41) is 6.82. The highest BCUT2D eigenvalue weighted by Gasteiger charge is 2.20. The monoisotopic (exact) mass is 512 g/mol. The van der Waals surface area contributed by atoms with Crippen LogP contribution in [0.15, 0.2) is 83.4 Å². The normalized spacial score (nSPS) is 12.0. The molecule has 1 heterocycles. The van der Waals surface area contributed by atoms with E-state index in [2.05, 4.69) is 10.5 Å². The Morgan fingerprint density at radius 2 is 1.47 bits per heavy atom. The number of ether oxygens (including phenoxy) is 2. The molecule has 7 nitrogen and oxygen atoms in total. The topological polar surface area (TPSA) is 90.7 Å². The summed E-state index contributed by atoms with van der Waals surface area (Å²) in [6.07, 6.45) is -0.768. The van der Waals surface area contributed by atoms with Crippen LogP contribution in [-0.4, -0.2) is 22.8 Å². The van der Waals surface area contributed by atoms with Crippen LogP contribution in [0.1, 0.15) is 50.6 Å². The number of benzene rings is 3. The molecule has 0 spiro atoms. The van der Waals surface area contributed by atoms with Crippen molar-refractivity contribution in [2.24, 2.45) is 0 Å². The molecule has 0 aliphatic carbocycles. The van der Waals surface area contributed by atoms with Gasteiger partial charge in [0.05, 0.1) is 6.42 Å². The Morgan fingerprint density at radius 3 is 2.08 bits per heavy atom. The molecule has 1 atom stereocenters. The van der Waals surface area contributed by atoms with E-state index in [4.69, 9.17) is 14.0 Å². The van der Waals surface area contributed by atoms with Crippen molar-refractivity contribution in [3.63, 3.8) is 0 Å². The van der Waals surface area contributed by atoms with Crippen molar-refractivity contribution >= 4 is 17.7 Å². The van der Waals surface area contributed by atoms with Gasteiger partial charge in [-0.2, -0.15) is 0 Å². The van der Waals surface area contributed by atoms with Gasteiger partial charge >= 0.3 is 12.1 Å². The number of carbonyl (C=O) groups is 2. The fourth-order valence-electron chi connectivity index (χ4n) is 3.97. The quantitative estimate of drug-likeness (QED) is 0.258. The highest BCUT2D eigenvalue weighted by Crippen LogP contribution is 2.33. The van der Waals surface area contributed by atoms with Gasteiger partial charge in [-0.25, -0.2) is 4.79 Å². The molecule has 1 amide bonds. The summed E-state index contributed by atoms with van der Waals surface area (Å²) in [7, 11) is 0. The number of rotatable bonds is 7. The lowest BCUT2D eigenvalue weighted by molar-refractivity contribution is -0.153. The molecule has 0 saturated carbocycles. The summed E-state index contributed by atoms with van der Waals surface area (Å²) in [6, 6.07) is 25.1. The van der Waals surface area contributed by atoms with Crippen molar-refractivity contribution in [2.75, 3.05) is 5.32 Å². The molecule has 196 valence electrons. The number of hydrogen-bond donors (Lipinski definition) is 1. The lowest BCUT2D eigenvalue weighted by atomic mass is 10.0. The van der Waals surface area contributed by atoms with E-state index in [1.54, 1.807) is 6.92 Å². The Labute approximate surface area is 222 Å². The first-order valence-electron chi connectivity index (χ1n) is 12.5. The third-order valence-corrected chi connectivity index (χ3v) is 5.85. The Kier molecular flexibility index (Phi) is 7.96. The maximum absolute atomic E-state index is 12.6. The van der Waals surface area contributed by atoms with Crippen LogP contribution in [0.2, 0.25) is 0 Å². The van der Waals surface area contributed by atoms with Crippen molar-refractivity contribution in [1.29, 1.82) is 0 Å². The first-order valence-corrected chi connectivity index (χ1v) is 12.5. The molecule has 0 saturated heterocycles. The third-order valence-electron chi connectivity index (χ3n) is 5.85. The average Bonchev–Trinajstić information content (AvgIpc) is 3.23. The molecule has 0 aliphatic heterocycles. The van der Waals surface area contributed by atoms with Gasteiger partial charge in [0.1, 0.15) is 23.1 Å². The number of esters is 1. The standard InChI is InChI=1S/C31H32N2O5/c1-20-28(32-30(35)36-21(2)23-9-7-6-8-10-23)29(38-33-20)26-17-15-25(16-18-26)24-13-11-22(12-14-24)19-27(34)37-31(3,4)5/h6-18,21H,19H2,1-5H3,(H,32,35)/t21-/m1/s1. The molecular formula is C31H32N2O5. The van der Waals surface area contributed by atoms with Gasteiger partial charge in [0.15, 0.2) is 5.76 Å². The molecule has 0 unspecified atom stereocenters. The second kappa shape index (κ2) is 11.3. The van der Waals surface area contributed by atoms with Crippen molar-refractivity contribution in [1.82, 2.24) is 5.16 Å². The lowest BCUT2D eigenvalue weighted by Crippen LogP contribution is -2.24. The van der Waals surface area contributed by atoms with Crippen LogP contribution in [0.25, 0.3) is 22.5 Å². The van der Waals surface area contributed by atoms with Gasteiger partial charge in [-0.15, -0.1) is 0 Å². The van der Waals surface area contributed by atoms with E-state index >= 15 is 0 Å². The highest BCUT2D eigenvalue weighted by atomic mass is 16.6. The minimum Gasteiger partial charge on any atom is -0.460 e. The van der Waals surface area contributed by atoms with Crippen LogP contribution in [0.5, 0.6) is 0 Å². The summed E-state index contributed by atoms with van der Waals surface area (Å²) in [5.74, 6) is 0.200. The molecule has 0 fully saturated rings. The smallest absolute Gasteiger partial charge is 0.412 e. The van der Waals surface area contributed by atoms with Gasteiger partial charge in [0.2, 0.25) is 0 Å². The van der Waals surface area contributed by atoms with Crippen LogP contribution >= 0.6 is 0 Å². The number of hydrogen-bond acceptors (Lipinski definition) is 6. The first kappa shape index (κ1) is 26.7. The maximum atomic E-state index is 12.6. The SMILES string of the molecule is Cc1noc(-c2ccc(-c3ccc(CC(=O)OC(C)(C)C)cc3)cc2)c1NC(=O)O[C@H](C)c1ccccc1. The van der Waals surface area contributed by atoms with Crippen LogP contribution in [0.3, 0.4) is 0 Å². The molecule has 38 heavy (non-hydrogen) atoms. The van der Waals surface area contributed by atoms with E-state index in [-0.39, 0.29) is 12.4 Å². The molecule has 1 N–H and O–H groups in total. The summed E-state index contributed by atoms with van der Waals surface area (Å²) < 4.78 is 16.5. The average molecular weight is 513 g/mol. The molecule has 3 aromatic carbocycles. The van der Waals surface area contributed by atoms with Gasteiger partial charge in [-0.1, -0.05) is 84.0 Å². The van der Waals surface area contributed by atoms with Gasteiger partial charge in [-0.05, 0) is 56.9 Å². The predicted octanol–water partition coefficient (Wildman–Crippen LogP) is 7.51. The zero-order valence-electron chi connectivity index (χ0n) is 22.3. The maximum Gasteiger partial charge on any atom is 0.412 e. The fourth-order valence-corrected chi connectivity index (χ4v) is 3.97. The number of amides is 1. The summed E-state index contributed by atoms with van der Waals surface area (Å²) in [6.45, 7) is 9.15. The number of aromatic nitrogens is 1. The molecule has 4 rings (SSSR count). The van der Waals surface area contributed by atoms with E-state index < -0.39 is 17.8 Å². The number of carbonyl (C=O) groups excluding carboxylic acids is 2. The molecule has 4 aromatic rings. The third kappa shape index (κ3) is 6.88. The number of aryl methyl sites for hydroxylation is 1. The van der Waals surface area contributed by atoms with Crippen molar-refractivity contribution in [3.8, 4) is 22.5 Å². The van der Waals surface area contributed by atoms with Crippen LogP contribution in [0.4, 0.5) is 10.5 Å². The van der Waals surface area contributed by atoms with Gasteiger partial charge in [-0.3, -0.25) is 10.1 Å². The molecule has 7 heteroatoms. The number of anilines is 1. The highest BCUT2D eigenvalue weighted by molar-refractivity contribution is 5.91. The van der Waals surface area contributed by atoms with E-state index in [1.807, 2.05) is 107 Å². The van der Waals surface area contributed by atoms with Gasteiger partial charge in [0.25, 0.3) is 0 Å². The number of nitrogens with zero attached hydrogens (tertiary/aromatic N) is 1. The molecule has 0 aliphatic rings. The largest absolute Gasteiger partial charge is 0.460 e. The van der Waals surface area contributed by atoms with E-state index in [0.717, 1.165) is 27.8 Å². The minimum absolute atomic E-state index is 0.226. The second-order valence-electron chi connectivity index (χ2n) is 10.1. The van der Waals surface area contributed by atoms with E-state index in [0.29, 0.717) is 17.1 Å². The molecule has 0 radical (unpaired) electrons. The Hall–Kier alpha value is -4.39. The summed E-state index contributed by atoms with van der Waals surface area (Å²) in [4.78, 5) is 24.7. The van der Waals surface area contributed by atoms with Crippen molar-refractivity contribution in [2.45, 2.75) is 52.7 Å². The summed E-state index contributed by atoms with van der Waals surface area (Å²) >= 11 is 0. The van der Waals surface area contributed by atoms with Gasteiger partial charge < -0.3 is 14.0 Å². The molecular weight excluding hydrogens is 480 g/mol. The number of nitrogens with one attached hydrogen (secondary N) is 1.